The Bertz CT molecular complexity index is 520. The number of hydrogen-bond donors (Lipinski definition) is 1. The molecule has 0 spiro atoms. The summed E-state index contributed by atoms with van der Waals surface area (Å²) in [5.41, 5.74) is 2.78. The Morgan fingerprint density at radius 1 is 1.12 bits per heavy atom. The number of aromatic nitrogens is 1. The Hall–Kier alpha value is -1.90. The second kappa shape index (κ2) is 3.93. The highest BCUT2D eigenvalue weighted by Gasteiger charge is 2.11. The van der Waals surface area contributed by atoms with E-state index in [1.165, 1.54) is 6.07 Å². The highest BCUT2D eigenvalue weighted by atomic mass is 19.1. The van der Waals surface area contributed by atoms with Crippen molar-refractivity contribution in [2.75, 3.05) is 0 Å². The predicted molar refractivity (Wildman–Crippen MR) is 60.8 cm³/mol. The van der Waals surface area contributed by atoms with E-state index in [4.69, 9.17) is 0 Å². The minimum absolute atomic E-state index is 0.345. The summed E-state index contributed by atoms with van der Waals surface area (Å²) in [6, 6.07) is 6.66. The van der Waals surface area contributed by atoms with Crippen molar-refractivity contribution < 1.29 is 9.50 Å². The number of rotatable bonds is 1. The highest BCUT2D eigenvalue weighted by molar-refractivity contribution is 5.67. The maximum Gasteiger partial charge on any atom is 0.165 e. The van der Waals surface area contributed by atoms with E-state index in [0.717, 1.165) is 11.1 Å². The molecule has 0 saturated heterocycles. The van der Waals surface area contributed by atoms with Crippen LogP contribution in [0.3, 0.4) is 0 Å². The first-order valence-corrected chi connectivity index (χ1v) is 5.00. The molecule has 0 aliphatic carbocycles. The Morgan fingerprint density at radius 2 is 1.88 bits per heavy atom. The standard InChI is InChI=1S/C13H12FNO/c1-8-3-4-12(15-7-8)10-5-9(2)6-11(14)13(10)16/h3-7,16H,1-2H3. The van der Waals surface area contributed by atoms with Crippen LogP contribution in [0.1, 0.15) is 11.1 Å². The molecule has 2 aromatic rings. The highest BCUT2D eigenvalue weighted by Crippen LogP contribution is 2.31. The van der Waals surface area contributed by atoms with Crippen LogP contribution in [0.25, 0.3) is 11.3 Å². The largest absolute Gasteiger partial charge is 0.504 e. The Morgan fingerprint density at radius 3 is 2.50 bits per heavy atom. The molecule has 0 aliphatic heterocycles. The van der Waals surface area contributed by atoms with Gasteiger partial charge >= 0.3 is 0 Å². The molecule has 2 nitrogen and oxygen atoms in total. The number of aryl methyl sites for hydroxylation is 2. The van der Waals surface area contributed by atoms with Crippen molar-refractivity contribution in [3.05, 3.63) is 47.4 Å². The zero-order valence-electron chi connectivity index (χ0n) is 9.16. The maximum atomic E-state index is 13.3. The molecule has 1 heterocycles. The van der Waals surface area contributed by atoms with Crippen molar-refractivity contribution in [3.8, 4) is 17.0 Å². The molecule has 0 saturated carbocycles. The lowest BCUT2D eigenvalue weighted by Gasteiger charge is -2.06. The van der Waals surface area contributed by atoms with Gasteiger partial charge < -0.3 is 5.11 Å². The number of aromatic hydroxyl groups is 1. The molecule has 82 valence electrons. The normalized spacial score (nSPS) is 10.4. The van der Waals surface area contributed by atoms with Crippen LogP contribution in [-0.2, 0) is 0 Å². The first-order chi connectivity index (χ1) is 7.58. The van der Waals surface area contributed by atoms with E-state index < -0.39 is 5.82 Å². The topological polar surface area (TPSA) is 33.1 Å². The van der Waals surface area contributed by atoms with E-state index in [-0.39, 0.29) is 5.75 Å². The Labute approximate surface area is 93.4 Å². The van der Waals surface area contributed by atoms with Crippen molar-refractivity contribution in [2.24, 2.45) is 0 Å². The number of phenolic OH excluding ortho intramolecular Hbond substituents is 1. The van der Waals surface area contributed by atoms with Gasteiger partial charge in [-0.05, 0) is 43.2 Å². The summed E-state index contributed by atoms with van der Waals surface area (Å²) in [4.78, 5) is 4.16. The summed E-state index contributed by atoms with van der Waals surface area (Å²) in [5.74, 6) is -0.959. The van der Waals surface area contributed by atoms with Gasteiger partial charge in [0.2, 0.25) is 0 Å². The Balaban J connectivity index is 2.59. The number of halogens is 1. The quantitative estimate of drug-likeness (QED) is 0.795. The van der Waals surface area contributed by atoms with Crippen LogP contribution in [0.2, 0.25) is 0 Å². The van der Waals surface area contributed by atoms with E-state index in [1.54, 1.807) is 25.3 Å². The lowest BCUT2D eigenvalue weighted by atomic mass is 10.1. The smallest absolute Gasteiger partial charge is 0.165 e. The number of nitrogens with zero attached hydrogens (tertiary/aromatic N) is 1. The molecule has 16 heavy (non-hydrogen) atoms. The monoisotopic (exact) mass is 217 g/mol. The van der Waals surface area contributed by atoms with Crippen molar-refractivity contribution in [2.45, 2.75) is 13.8 Å². The van der Waals surface area contributed by atoms with Gasteiger partial charge in [-0.3, -0.25) is 4.98 Å². The van der Waals surface area contributed by atoms with Crippen molar-refractivity contribution >= 4 is 0 Å². The zero-order valence-corrected chi connectivity index (χ0v) is 9.16. The molecule has 0 atom stereocenters. The number of pyridine rings is 1. The molecular weight excluding hydrogens is 205 g/mol. The second-order valence-corrected chi connectivity index (χ2v) is 3.86. The minimum atomic E-state index is -0.614. The number of hydrogen-bond acceptors (Lipinski definition) is 2. The summed E-state index contributed by atoms with van der Waals surface area (Å²) < 4.78 is 13.3. The molecule has 0 radical (unpaired) electrons. The van der Waals surface area contributed by atoms with Gasteiger partial charge in [-0.15, -0.1) is 0 Å². The lowest BCUT2D eigenvalue weighted by Crippen LogP contribution is -1.89. The van der Waals surface area contributed by atoms with Crippen molar-refractivity contribution in [1.29, 1.82) is 0 Å². The third-order valence-electron chi connectivity index (χ3n) is 2.40. The van der Waals surface area contributed by atoms with E-state index in [2.05, 4.69) is 4.98 Å². The first-order valence-electron chi connectivity index (χ1n) is 5.00. The van der Waals surface area contributed by atoms with Crippen LogP contribution in [-0.4, -0.2) is 10.1 Å². The third kappa shape index (κ3) is 1.89. The van der Waals surface area contributed by atoms with Gasteiger partial charge in [-0.1, -0.05) is 6.07 Å². The van der Waals surface area contributed by atoms with E-state index >= 15 is 0 Å². The van der Waals surface area contributed by atoms with E-state index in [0.29, 0.717) is 11.3 Å². The maximum absolute atomic E-state index is 13.3. The summed E-state index contributed by atoms with van der Waals surface area (Å²) >= 11 is 0. The molecule has 3 heteroatoms. The molecule has 0 bridgehead atoms. The van der Waals surface area contributed by atoms with Gasteiger partial charge in [-0.2, -0.15) is 0 Å². The van der Waals surface area contributed by atoms with Gasteiger partial charge in [0, 0.05) is 11.8 Å². The van der Waals surface area contributed by atoms with Crippen LogP contribution in [0.4, 0.5) is 4.39 Å². The van der Waals surface area contributed by atoms with Gasteiger partial charge in [0.1, 0.15) is 0 Å². The lowest BCUT2D eigenvalue weighted by molar-refractivity contribution is 0.434. The predicted octanol–water partition coefficient (Wildman–Crippen LogP) is 3.21. The molecule has 1 N–H and O–H groups in total. The molecule has 0 fully saturated rings. The fourth-order valence-corrected chi connectivity index (χ4v) is 1.56. The van der Waals surface area contributed by atoms with Gasteiger partial charge in [0.05, 0.1) is 5.69 Å². The van der Waals surface area contributed by atoms with E-state index in [1.807, 2.05) is 13.0 Å². The van der Waals surface area contributed by atoms with Gasteiger partial charge in [-0.25, -0.2) is 4.39 Å². The molecule has 0 amide bonds. The summed E-state index contributed by atoms with van der Waals surface area (Å²) in [6.45, 7) is 3.70. The number of benzene rings is 1. The third-order valence-corrected chi connectivity index (χ3v) is 2.40. The zero-order chi connectivity index (χ0) is 11.7. The average molecular weight is 217 g/mol. The van der Waals surface area contributed by atoms with Gasteiger partial charge in [0.25, 0.3) is 0 Å². The summed E-state index contributed by atoms with van der Waals surface area (Å²) in [7, 11) is 0. The fraction of sp³-hybridized carbons (Fsp3) is 0.154. The fourth-order valence-electron chi connectivity index (χ4n) is 1.56. The summed E-state index contributed by atoms with van der Waals surface area (Å²) in [6.07, 6.45) is 1.69. The molecule has 2 rings (SSSR count). The Kier molecular flexibility index (Phi) is 2.60. The van der Waals surface area contributed by atoms with Crippen LogP contribution in [0.15, 0.2) is 30.5 Å². The second-order valence-electron chi connectivity index (χ2n) is 3.86. The van der Waals surface area contributed by atoms with Crippen LogP contribution >= 0.6 is 0 Å². The van der Waals surface area contributed by atoms with Gasteiger partial charge in [0.15, 0.2) is 11.6 Å². The SMILES string of the molecule is Cc1ccc(-c2cc(C)cc(F)c2O)nc1. The molecular formula is C13H12FNO. The van der Waals surface area contributed by atoms with Crippen molar-refractivity contribution in [3.63, 3.8) is 0 Å². The summed E-state index contributed by atoms with van der Waals surface area (Å²) in [5, 5.41) is 9.63. The molecule has 0 aliphatic rings. The minimum Gasteiger partial charge on any atom is -0.504 e. The molecule has 0 unspecified atom stereocenters. The van der Waals surface area contributed by atoms with Crippen LogP contribution in [0, 0.1) is 19.7 Å². The number of phenols is 1. The molecule has 1 aromatic carbocycles. The molecule has 1 aromatic heterocycles. The van der Waals surface area contributed by atoms with Crippen LogP contribution in [0.5, 0.6) is 5.75 Å². The van der Waals surface area contributed by atoms with Crippen LogP contribution < -0.4 is 0 Å². The first kappa shape index (κ1) is 10.6. The van der Waals surface area contributed by atoms with Crippen molar-refractivity contribution in [1.82, 2.24) is 4.98 Å². The average Bonchev–Trinajstić information content (AvgIpc) is 2.25. The van der Waals surface area contributed by atoms with E-state index in [9.17, 15) is 9.50 Å².